The number of fused-ring (bicyclic) bond motifs is 1. The second kappa shape index (κ2) is 6.16. The van der Waals surface area contributed by atoms with Gasteiger partial charge in [0.1, 0.15) is 0 Å². The zero-order valence-corrected chi connectivity index (χ0v) is 13.7. The van der Waals surface area contributed by atoms with Crippen LogP contribution in [-0.4, -0.2) is 15.5 Å². The topological polar surface area (TPSA) is 46.9 Å². The number of carbonyl (C=O) groups is 1. The molecule has 4 rings (SSSR count). The van der Waals surface area contributed by atoms with Gasteiger partial charge in [-0.15, -0.1) is 11.3 Å². The van der Waals surface area contributed by atoms with E-state index in [-0.39, 0.29) is 5.91 Å². The number of aromatic nitrogens is 2. The van der Waals surface area contributed by atoms with Crippen molar-refractivity contribution >= 4 is 27.3 Å². The van der Waals surface area contributed by atoms with Crippen LogP contribution >= 0.6 is 11.3 Å². The molecule has 1 aliphatic carbocycles. The number of carbonyl (C=O) groups excluding carboxylic acids is 1. The van der Waals surface area contributed by atoms with Crippen molar-refractivity contribution in [2.45, 2.75) is 38.3 Å². The molecule has 0 saturated heterocycles. The Morgan fingerprint density at radius 3 is 2.96 bits per heavy atom. The monoisotopic (exact) mass is 325 g/mol. The van der Waals surface area contributed by atoms with Gasteiger partial charge in [0, 0.05) is 42.8 Å². The van der Waals surface area contributed by atoms with Gasteiger partial charge in [-0.3, -0.25) is 9.78 Å². The second-order valence-corrected chi connectivity index (χ2v) is 7.20. The van der Waals surface area contributed by atoms with E-state index < -0.39 is 0 Å². The molecule has 0 aromatic carbocycles. The summed E-state index contributed by atoms with van der Waals surface area (Å²) in [5.41, 5.74) is 1.01. The highest BCUT2D eigenvalue weighted by molar-refractivity contribution is 7.20. The van der Waals surface area contributed by atoms with Gasteiger partial charge in [-0.25, -0.2) is 0 Å². The maximum Gasteiger partial charge on any atom is 0.261 e. The van der Waals surface area contributed by atoms with Crippen molar-refractivity contribution in [3.8, 4) is 0 Å². The molecule has 118 valence electrons. The molecule has 5 heteroatoms. The molecule has 0 unspecified atom stereocenters. The zero-order chi connectivity index (χ0) is 15.6. The summed E-state index contributed by atoms with van der Waals surface area (Å²) in [7, 11) is 0. The SMILES string of the molecule is O=C(NCc1cccnc1)c1cc2cn(C3CCCC3)cc2s1. The number of amides is 1. The number of hydrogen-bond acceptors (Lipinski definition) is 3. The van der Waals surface area contributed by atoms with E-state index >= 15 is 0 Å². The number of pyridine rings is 1. The summed E-state index contributed by atoms with van der Waals surface area (Å²) in [6, 6.07) is 6.49. The van der Waals surface area contributed by atoms with E-state index in [9.17, 15) is 4.79 Å². The maximum atomic E-state index is 12.3. The van der Waals surface area contributed by atoms with Crippen LogP contribution in [0.3, 0.4) is 0 Å². The summed E-state index contributed by atoms with van der Waals surface area (Å²) in [5.74, 6) is -0.0116. The first kappa shape index (κ1) is 14.5. The molecule has 0 atom stereocenters. The number of rotatable bonds is 4. The molecule has 0 spiro atoms. The highest BCUT2D eigenvalue weighted by atomic mass is 32.1. The molecule has 1 saturated carbocycles. The minimum absolute atomic E-state index is 0.0116. The molecule has 1 aliphatic rings. The first-order chi connectivity index (χ1) is 11.3. The van der Waals surface area contributed by atoms with E-state index in [1.54, 1.807) is 23.7 Å². The van der Waals surface area contributed by atoms with Gasteiger partial charge in [0.05, 0.1) is 9.58 Å². The molecular weight excluding hydrogens is 306 g/mol. The van der Waals surface area contributed by atoms with Gasteiger partial charge in [-0.1, -0.05) is 18.9 Å². The lowest BCUT2D eigenvalue weighted by atomic mass is 10.2. The van der Waals surface area contributed by atoms with Crippen molar-refractivity contribution < 1.29 is 4.79 Å². The Kier molecular flexibility index (Phi) is 3.87. The lowest BCUT2D eigenvalue weighted by Crippen LogP contribution is -2.21. The largest absolute Gasteiger partial charge is 0.349 e. The molecule has 1 N–H and O–H groups in total. The second-order valence-electron chi connectivity index (χ2n) is 6.12. The zero-order valence-electron chi connectivity index (χ0n) is 12.9. The van der Waals surface area contributed by atoms with E-state index in [1.807, 2.05) is 18.2 Å². The predicted molar refractivity (Wildman–Crippen MR) is 92.7 cm³/mol. The van der Waals surface area contributed by atoms with E-state index in [4.69, 9.17) is 0 Å². The maximum absolute atomic E-state index is 12.3. The van der Waals surface area contributed by atoms with Crippen LogP contribution in [0.2, 0.25) is 0 Å². The molecule has 4 nitrogen and oxygen atoms in total. The first-order valence-electron chi connectivity index (χ1n) is 8.08. The molecule has 0 radical (unpaired) electrons. The van der Waals surface area contributed by atoms with Crippen LogP contribution in [0.1, 0.15) is 47.0 Å². The Balaban J connectivity index is 1.46. The lowest BCUT2D eigenvalue weighted by Gasteiger charge is -2.10. The molecule has 1 amide bonds. The van der Waals surface area contributed by atoms with Crippen molar-refractivity contribution in [2.24, 2.45) is 0 Å². The number of nitrogens with zero attached hydrogens (tertiary/aromatic N) is 2. The summed E-state index contributed by atoms with van der Waals surface area (Å²) >= 11 is 1.57. The summed E-state index contributed by atoms with van der Waals surface area (Å²) in [4.78, 5) is 17.1. The number of hydrogen-bond donors (Lipinski definition) is 1. The number of thiophene rings is 1. The third-order valence-electron chi connectivity index (χ3n) is 4.49. The van der Waals surface area contributed by atoms with Gasteiger partial charge in [0.2, 0.25) is 0 Å². The molecule has 0 aliphatic heterocycles. The Bertz CT molecular complexity index is 784. The van der Waals surface area contributed by atoms with E-state index in [2.05, 4.69) is 27.3 Å². The van der Waals surface area contributed by atoms with Crippen LogP contribution in [0, 0.1) is 0 Å². The Hall–Kier alpha value is -2.14. The fraction of sp³-hybridized carbons (Fsp3) is 0.333. The summed E-state index contributed by atoms with van der Waals surface area (Å²) in [6.45, 7) is 0.511. The van der Waals surface area contributed by atoms with Crippen LogP contribution < -0.4 is 5.32 Å². The minimum atomic E-state index is -0.0116. The van der Waals surface area contributed by atoms with E-state index in [1.165, 1.54) is 35.8 Å². The van der Waals surface area contributed by atoms with Crippen molar-refractivity contribution in [3.63, 3.8) is 0 Å². The van der Waals surface area contributed by atoms with Gasteiger partial charge in [-0.05, 0) is 30.5 Å². The Morgan fingerprint density at radius 1 is 1.35 bits per heavy atom. The summed E-state index contributed by atoms with van der Waals surface area (Å²) in [6.07, 6.45) is 13.1. The smallest absolute Gasteiger partial charge is 0.261 e. The summed E-state index contributed by atoms with van der Waals surface area (Å²) < 4.78 is 3.54. The van der Waals surface area contributed by atoms with E-state index in [0.29, 0.717) is 12.6 Å². The van der Waals surface area contributed by atoms with Gasteiger partial charge in [0.15, 0.2) is 0 Å². The normalized spacial score (nSPS) is 15.3. The fourth-order valence-corrected chi connectivity index (χ4v) is 4.24. The highest BCUT2D eigenvalue weighted by Crippen LogP contribution is 2.34. The third-order valence-corrected chi connectivity index (χ3v) is 5.58. The molecule has 1 fully saturated rings. The highest BCUT2D eigenvalue weighted by Gasteiger charge is 2.18. The summed E-state index contributed by atoms with van der Waals surface area (Å²) in [5, 5.41) is 4.13. The predicted octanol–water partition coefficient (Wildman–Crippen LogP) is 4.14. The molecule has 3 aromatic heterocycles. The van der Waals surface area contributed by atoms with Crippen molar-refractivity contribution in [1.82, 2.24) is 14.9 Å². The molecule has 23 heavy (non-hydrogen) atoms. The molecule has 0 bridgehead atoms. The van der Waals surface area contributed by atoms with Crippen molar-refractivity contribution in [3.05, 3.63) is 53.4 Å². The van der Waals surface area contributed by atoms with Crippen LogP contribution in [0.5, 0.6) is 0 Å². The standard InChI is InChI=1S/C18H19N3OS/c22-18(20-10-13-4-3-7-19-9-13)16-8-14-11-21(12-17(14)23-16)15-5-1-2-6-15/h3-4,7-9,11-12,15H,1-2,5-6,10H2,(H,20,22). The van der Waals surface area contributed by atoms with Crippen LogP contribution in [-0.2, 0) is 6.54 Å². The minimum Gasteiger partial charge on any atom is -0.349 e. The Morgan fingerprint density at radius 2 is 2.22 bits per heavy atom. The lowest BCUT2D eigenvalue weighted by molar-refractivity contribution is 0.0955. The van der Waals surface area contributed by atoms with Gasteiger partial charge in [-0.2, -0.15) is 0 Å². The molecule has 3 heterocycles. The van der Waals surface area contributed by atoms with Crippen molar-refractivity contribution in [1.29, 1.82) is 0 Å². The average molecular weight is 325 g/mol. The molecular formula is C18H19N3OS. The quantitative estimate of drug-likeness (QED) is 0.783. The van der Waals surface area contributed by atoms with Crippen LogP contribution in [0.4, 0.5) is 0 Å². The van der Waals surface area contributed by atoms with Gasteiger partial charge >= 0.3 is 0 Å². The third kappa shape index (κ3) is 3.01. The number of nitrogens with one attached hydrogen (secondary N) is 1. The van der Waals surface area contributed by atoms with Gasteiger partial charge in [0.25, 0.3) is 5.91 Å². The van der Waals surface area contributed by atoms with Crippen LogP contribution in [0.25, 0.3) is 10.1 Å². The fourth-order valence-electron chi connectivity index (χ4n) is 3.25. The molecule has 3 aromatic rings. The van der Waals surface area contributed by atoms with Gasteiger partial charge < -0.3 is 9.88 Å². The Labute approximate surface area is 139 Å². The first-order valence-corrected chi connectivity index (χ1v) is 8.89. The van der Waals surface area contributed by atoms with Crippen molar-refractivity contribution in [2.75, 3.05) is 0 Å². The average Bonchev–Trinajstić information content (AvgIpc) is 3.28. The van der Waals surface area contributed by atoms with E-state index in [0.717, 1.165) is 10.4 Å². The van der Waals surface area contributed by atoms with Crippen LogP contribution in [0.15, 0.2) is 43.0 Å².